The molecule has 0 bridgehead atoms. The molecule has 1 aromatic rings. The van der Waals surface area contributed by atoms with Gasteiger partial charge in [0.1, 0.15) is 0 Å². The van der Waals surface area contributed by atoms with Crippen LogP contribution in [0.4, 0.5) is 0 Å². The number of amides is 1. The summed E-state index contributed by atoms with van der Waals surface area (Å²) in [5.74, 6) is 0.0195. The van der Waals surface area contributed by atoms with E-state index in [9.17, 15) is 4.79 Å². The number of hydrogen-bond donors (Lipinski definition) is 2. The van der Waals surface area contributed by atoms with Crippen molar-refractivity contribution in [3.63, 3.8) is 0 Å². The molecule has 19 heavy (non-hydrogen) atoms. The molecule has 0 fully saturated rings. The van der Waals surface area contributed by atoms with E-state index in [-0.39, 0.29) is 24.4 Å². The quantitative estimate of drug-likeness (QED) is 0.873. The van der Waals surface area contributed by atoms with Crippen molar-refractivity contribution in [2.45, 2.75) is 40.2 Å². The molecular weight excluding hydrogens is 260 g/mol. The van der Waals surface area contributed by atoms with Gasteiger partial charge in [0.25, 0.3) is 0 Å². The molecule has 0 radical (unpaired) electrons. The molecule has 3 N–H and O–H groups in total. The first-order chi connectivity index (χ1) is 8.36. The summed E-state index contributed by atoms with van der Waals surface area (Å²) in [5.41, 5.74) is 7.63. The third-order valence-corrected chi connectivity index (χ3v) is 3.29. The largest absolute Gasteiger partial charge is 0.353 e. The number of carbonyl (C=O) groups excluding carboxylic acids is 1. The number of benzene rings is 1. The van der Waals surface area contributed by atoms with E-state index in [0.29, 0.717) is 6.54 Å². The van der Waals surface area contributed by atoms with Crippen LogP contribution in [-0.2, 0) is 11.2 Å². The molecule has 0 aliphatic rings. The Labute approximate surface area is 122 Å². The molecule has 0 spiro atoms. The Kier molecular flexibility index (Phi) is 7.09. The first-order valence-corrected chi connectivity index (χ1v) is 6.42. The van der Waals surface area contributed by atoms with Crippen LogP contribution < -0.4 is 11.1 Å². The van der Waals surface area contributed by atoms with Gasteiger partial charge in [-0.05, 0) is 45.2 Å². The van der Waals surface area contributed by atoms with E-state index in [2.05, 4.69) is 24.4 Å². The van der Waals surface area contributed by atoms with Gasteiger partial charge in [0.05, 0.1) is 5.41 Å². The zero-order chi connectivity index (χ0) is 13.8. The second-order valence-electron chi connectivity index (χ2n) is 5.59. The van der Waals surface area contributed by atoms with E-state index in [1.54, 1.807) is 0 Å². The summed E-state index contributed by atoms with van der Waals surface area (Å²) in [6, 6.07) is 8.37. The molecule has 0 aliphatic carbocycles. The molecule has 0 heterocycles. The molecule has 0 saturated heterocycles. The van der Waals surface area contributed by atoms with Crippen LogP contribution >= 0.6 is 12.4 Å². The topological polar surface area (TPSA) is 55.1 Å². The standard InChI is InChI=1S/C15H24N2O.ClH/c1-11-7-5-6-8-13(11)9-12(2)17-14(18)15(3,4)10-16;/h5-8,12H,9-10,16H2,1-4H3,(H,17,18);1H. The molecule has 0 aliphatic heterocycles. The Morgan fingerprint density at radius 2 is 1.95 bits per heavy atom. The SMILES string of the molecule is Cc1ccccc1CC(C)NC(=O)C(C)(C)CN.Cl. The van der Waals surface area contributed by atoms with Crippen LogP contribution in [0.25, 0.3) is 0 Å². The number of aryl methyl sites for hydroxylation is 1. The minimum absolute atomic E-state index is 0. The number of hydrogen-bond acceptors (Lipinski definition) is 2. The number of halogens is 1. The highest BCUT2D eigenvalue weighted by Crippen LogP contribution is 2.14. The average Bonchev–Trinajstić information content (AvgIpc) is 2.32. The lowest BCUT2D eigenvalue weighted by atomic mass is 9.92. The summed E-state index contributed by atoms with van der Waals surface area (Å²) in [4.78, 5) is 12.0. The predicted molar refractivity (Wildman–Crippen MR) is 82.6 cm³/mol. The van der Waals surface area contributed by atoms with Crippen molar-refractivity contribution in [1.82, 2.24) is 5.32 Å². The first kappa shape index (κ1) is 17.9. The van der Waals surface area contributed by atoms with Gasteiger partial charge in [-0.25, -0.2) is 0 Å². The fraction of sp³-hybridized carbons (Fsp3) is 0.533. The zero-order valence-electron chi connectivity index (χ0n) is 12.2. The molecule has 1 atom stereocenters. The molecule has 4 heteroatoms. The Balaban J connectivity index is 0.00000324. The van der Waals surface area contributed by atoms with Gasteiger partial charge in [0, 0.05) is 12.6 Å². The summed E-state index contributed by atoms with van der Waals surface area (Å²) < 4.78 is 0. The lowest BCUT2D eigenvalue weighted by Gasteiger charge is -2.24. The number of nitrogens with two attached hydrogens (primary N) is 1. The van der Waals surface area contributed by atoms with Crippen LogP contribution in [0.1, 0.15) is 31.9 Å². The van der Waals surface area contributed by atoms with Crippen molar-refractivity contribution < 1.29 is 4.79 Å². The molecule has 0 aromatic heterocycles. The van der Waals surface area contributed by atoms with Crippen molar-refractivity contribution in [2.75, 3.05) is 6.54 Å². The van der Waals surface area contributed by atoms with Gasteiger partial charge in [0.15, 0.2) is 0 Å². The monoisotopic (exact) mass is 284 g/mol. The van der Waals surface area contributed by atoms with Crippen molar-refractivity contribution in [3.8, 4) is 0 Å². The predicted octanol–water partition coefficient (Wildman–Crippen LogP) is 2.45. The van der Waals surface area contributed by atoms with Gasteiger partial charge >= 0.3 is 0 Å². The molecule has 0 saturated carbocycles. The van der Waals surface area contributed by atoms with Crippen LogP contribution in [0.3, 0.4) is 0 Å². The summed E-state index contributed by atoms with van der Waals surface area (Å²) in [6.07, 6.45) is 0.846. The summed E-state index contributed by atoms with van der Waals surface area (Å²) >= 11 is 0. The summed E-state index contributed by atoms with van der Waals surface area (Å²) in [5, 5.41) is 3.03. The zero-order valence-corrected chi connectivity index (χ0v) is 13.0. The molecular formula is C15H25ClN2O. The molecule has 108 valence electrons. The highest BCUT2D eigenvalue weighted by Gasteiger charge is 2.26. The van der Waals surface area contributed by atoms with Crippen molar-refractivity contribution >= 4 is 18.3 Å². The number of rotatable bonds is 5. The second-order valence-corrected chi connectivity index (χ2v) is 5.59. The van der Waals surface area contributed by atoms with Crippen LogP contribution in [-0.4, -0.2) is 18.5 Å². The molecule has 3 nitrogen and oxygen atoms in total. The van der Waals surface area contributed by atoms with E-state index < -0.39 is 5.41 Å². The van der Waals surface area contributed by atoms with E-state index in [1.807, 2.05) is 32.9 Å². The summed E-state index contributed by atoms with van der Waals surface area (Å²) in [7, 11) is 0. The first-order valence-electron chi connectivity index (χ1n) is 6.42. The third kappa shape index (κ3) is 5.21. The van der Waals surface area contributed by atoms with Crippen LogP contribution in [0.2, 0.25) is 0 Å². The van der Waals surface area contributed by atoms with Crippen molar-refractivity contribution in [1.29, 1.82) is 0 Å². The Hall–Kier alpha value is -1.06. The second kappa shape index (κ2) is 7.51. The van der Waals surface area contributed by atoms with Gasteiger partial charge in [-0.3, -0.25) is 4.79 Å². The fourth-order valence-electron chi connectivity index (χ4n) is 1.73. The minimum Gasteiger partial charge on any atom is -0.353 e. The van der Waals surface area contributed by atoms with E-state index in [1.165, 1.54) is 11.1 Å². The highest BCUT2D eigenvalue weighted by atomic mass is 35.5. The molecule has 1 unspecified atom stereocenters. The van der Waals surface area contributed by atoms with E-state index >= 15 is 0 Å². The number of nitrogens with one attached hydrogen (secondary N) is 1. The van der Waals surface area contributed by atoms with Gasteiger partial charge in [0.2, 0.25) is 5.91 Å². The smallest absolute Gasteiger partial charge is 0.227 e. The maximum absolute atomic E-state index is 12.0. The normalized spacial score (nSPS) is 12.5. The number of carbonyl (C=O) groups is 1. The molecule has 1 rings (SSSR count). The van der Waals surface area contributed by atoms with Gasteiger partial charge in [-0.2, -0.15) is 0 Å². The average molecular weight is 285 g/mol. The molecule has 1 aromatic carbocycles. The Morgan fingerprint density at radius 3 is 2.47 bits per heavy atom. The molecule has 1 amide bonds. The van der Waals surface area contributed by atoms with E-state index in [4.69, 9.17) is 5.73 Å². The third-order valence-electron chi connectivity index (χ3n) is 3.29. The van der Waals surface area contributed by atoms with Gasteiger partial charge in [-0.15, -0.1) is 12.4 Å². The Morgan fingerprint density at radius 1 is 1.37 bits per heavy atom. The summed E-state index contributed by atoms with van der Waals surface area (Å²) in [6.45, 7) is 8.20. The fourth-order valence-corrected chi connectivity index (χ4v) is 1.73. The van der Waals surface area contributed by atoms with Crippen molar-refractivity contribution in [3.05, 3.63) is 35.4 Å². The van der Waals surface area contributed by atoms with Crippen LogP contribution in [0.5, 0.6) is 0 Å². The minimum atomic E-state index is -0.500. The van der Waals surface area contributed by atoms with Gasteiger partial charge in [-0.1, -0.05) is 24.3 Å². The maximum Gasteiger partial charge on any atom is 0.227 e. The van der Waals surface area contributed by atoms with Crippen molar-refractivity contribution in [2.24, 2.45) is 11.1 Å². The Bertz CT molecular complexity index is 418. The maximum atomic E-state index is 12.0. The highest BCUT2D eigenvalue weighted by molar-refractivity contribution is 5.85. The lowest BCUT2D eigenvalue weighted by Crippen LogP contribution is -2.45. The lowest BCUT2D eigenvalue weighted by molar-refractivity contribution is -0.129. The van der Waals surface area contributed by atoms with Crippen LogP contribution in [0, 0.1) is 12.3 Å². The van der Waals surface area contributed by atoms with Crippen LogP contribution in [0.15, 0.2) is 24.3 Å². The van der Waals surface area contributed by atoms with E-state index in [0.717, 1.165) is 6.42 Å². The van der Waals surface area contributed by atoms with Gasteiger partial charge < -0.3 is 11.1 Å².